The predicted octanol–water partition coefficient (Wildman–Crippen LogP) is 3.44. The molecule has 0 aliphatic carbocycles. The van der Waals surface area contributed by atoms with Crippen molar-refractivity contribution in [2.75, 3.05) is 26.3 Å². The van der Waals surface area contributed by atoms with Crippen LogP contribution in [-0.4, -0.2) is 32.3 Å². The molecule has 0 unspecified atom stereocenters. The van der Waals surface area contributed by atoms with Crippen LogP contribution in [0, 0.1) is 11.7 Å². The quantitative estimate of drug-likeness (QED) is 0.398. The molecule has 0 atom stereocenters. The third-order valence-corrected chi connectivity index (χ3v) is 4.49. The summed E-state index contributed by atoms with van der Waals surface area (Å²) >= 11 is 0. The fourth-order valence-electron chi connectivity index (χ4n) is 2.88. The van der Waals surface area contributed by atoms with Crippen molar-refractivity contribution in [1.29, 1.82) is 0 Å². The SMILES string of the molecule is CC(C)CCNC(N)=NCC1(c2ccc(F)cc2)CCOCC1.I. The Hall–Kier alpha value is -0.890. The van der Waals surface area contributed by atoms with Gasteiger partial charge in [0, 0.05) is 25.2 Å². The average molecular weight is 449 g/mol. The van der Waals surface area contributed by atoms with Gasteiger partial charge in [-0.15, -0.1) is 24.0 Å². The molecule has 1 aliphatic heterocycles. The largest absolute Gasteiger partial charge is 0.381 e. The monoisotopic (exact) mass is 449 g/mol. The zero-order valence-corrected chi connectivity index (χ0v) is 16.9. The summed E-state index contributed by atoms with van der Waals surface area (Å²) in [5.41, 5.74) is 6.98. The van der Waals surface area contributed by atoms with Gasteiger partial charge < -0.3 is 15.8 Å². The van der Waals surface area contributed by atoms with Crippen LogP contribution in [0.1, 0.15) is 38.7 Å². The van der Waals surface area contributed by atoms with E-state index in [4.69, 9.17) is 10.5 Å². The minimum atomic E-state index is -0.214. The first kappa shape index (κ1) is 21.2. The van der Waals surface area contributed by atoms with Crippen LogP contribution in [0.3, 0.4) is 0 Å². The number of halogens is 2. The molecule has 0 bridgehead atoms. The van der Waals surface area contributed by atoms with Gasteiger partial charge in [-0.25, -0.2) is 4.39 Å². The Labute approximate surface area is 161 Å². The molecule has 24 heavy (non-hydrogen) atoms. The normalized spacial score (nSPS) is 17.4. The van der Waals surface area contributed by atoms with Crippen molar-refractivity contribution in [3.63, 3.8) is 0 Å². The van der Waals surface area contributed by atoms with Crippen molar-refractivity contribution >= 4 is 29.9 Å². The predicted molar refractivity (Wildman–Crippen MR) is 107 cm³/mol. The number of rotatable bonds is 6. The van der Waals surface area contributed by atoms with Gasteiger partial charge in [-0.3, -0.25) is 4.99 Å². The third-order valence-electron chi connectivity index (χ3n) is 4.49. The summed E-state index contributed by atoms with van der Waals surface area (Å²) in [6.45, 7) is 7.20. The summed E-state index contributed by atoms with van der Waals surface area (Å²) < 4.78 is 18.7. The molecule has 0 radical (unpaired) electrons. The van der Waals surface area contributed by atoms with E-state index in [-0.39, 0.29) is 35.2 Å². The molecule has 4 nitrogen and oxygen atoms in total. The van der Waals surface area contributed by atoms with E-state index in [0.717, 1.165) is 31.4 Å². The molecule has 0 amide bonds. The minimum absolute atomic E-state index is 0. The fourth-order valence-corrected chi connectivity index (χ4v) is 2.88. The van der Waals surface area contributed by atoms with Crippen LogP contribution in [0.25, 0.3) is 0 Å². The van der Waals surface area contributed by atoms with Gasteiger partial charge in [-0.1, -0.05) is 26.0 Å². The number of nitrogens with zero attached hydrogens (tertiary/aromatic N) is 1. The topological polar surface area (TPSA) is 59.6 Å². The van der Waals surface area contributed by atoms with Crippen LogP contribution in [0.2, 0.25) is 0 Å². The van der Waals surface area contributed by atoms with Gasteiger partial charge in [0.25, 0.3) is 0 Å². The first-order valence-corrected chi connectivity index (χ1v) is 8.39. The van der Waals surface area contributed by atoms with E-state index < -0.39 is 0 Å². The molecule has 1 saturated heterocycles. The smallest absolute Gasteiger partial charge is 0.188 e. The zero-order valence-electron chi connectivity index (χ0n) is 14.6. The van der Waals surface area contributed by atoms with E-state index in [9.17, 15) is 4.39 Å². The van der Waals surface area contributed by atoms with E-state index in [2.05, 4.69) is 24.2 Å². The summed E-state index contributed by atoms with van der Waals surface area (Å²) in [4.78, 5) is 4.55. The first-order valence-electron chi connectivity index (χ1n) is 8.39. The third kappa shape index (κ3) is 6.20. The van der Waals surface area contributed by atoms with E-state index >= 15 is 0 Å². The van der Waals surface area contributed by atoms with E-state index in [1.165, 1.54) is 12.1 Å². The Morgan fingerprint density at radius 3 is 2.50 bits per heavy atom. The molecule has 1 aromatic rings. The van der Waals surface area contributed by atoms with Gasteiger partial charge >= 0.3 is 0 Å². The van der Waals surface area contributed by atoms with E-state index in [0.29, 0.717) is 31.6 Å². The van der Waals surface area contributed by atoms with Crippen molar-refractivity contribution in [3.8, 4) is 0 Å². The second kappa shape index (κ2) is 10.2. The van der Waals surface area contributed by atoms with Crippen LogP contribution in [-0.2, 0) is 10.2 Å². The molecule has 0 saturated carbocycles. The summed E-state index contributed by atoms with van der Waals surface area (Å²) in [7, 11) is 0. The lowest BCUT2D eigenvalue weighted by Gasteiger charge is -2.36. The second-order valence-corrected chi connectivity index (χ2v) is 6.71. The molecular weight excluding hydrogens is 420 g/mol. The Bertz CT molecular complexity index is 514. The summed E-state index contributed by atoms with van der Waals surface area (Å²) in [6, 6.07) is 6.75. The lowest BCUT2D eigenvalue weighted by molar-refractivity contribution is 0.0531. The lowest BCUT2D eigenvalue weighted by Crippen LogP contribution is -2.39. The average Bonchev–Trinajstić information content (AvgIpc) is 2.54. The highest BCUT2D eigenvalue weighted by Gasteiger charge is 2.34. The summed E-state index contributed by atoms with van der Waals surface area (Å²) in [5, 5.41) is 3.17. The van der Waals surface area contributed by atoms with Gasteiger partial charge in [0.05, 0.1) is 6.54 Å². The number of ether oxygens (including phenoxy) is 1. The van der Waals surface area contributed by atoms with Gasteiger partial charge in [0.2, 0.25) is 0 Å². The van der Waals surface area contributed by atoms with E-state index in [1.54, 1.807) is 0 Å². The van der Waals surface area contributed by atoms with Gasteiger partial charge in [0.15, 0.2) is 5.96 Å². The highest BCUT2D eigenvalue weighted by atomic mass is 127. The van der Waals surface area contributed by atoms with Crippen LogP contribution >= 0.6 is 24.0 Å². The molecule has 0 spiro atoms. The molecule has 1 aliphatic rings. The molecule has 3 N–H and O–H groups in total. The van der Waals surface area contributed by atoms with Gasteiger partial charge in [0.1, 0.15) is 5.82 Å². The zero-order chi connectivity index (χ0) is 16.7. The van der Waals surface area contributed by atoms with E-state index in [1.807, 2.05) is 12.1 Å². The number of hydrogen-bond acceptors (Lipinski definition) is 2. The maximum absolute atomic E-state index is 13.2. The Morgan fingerprint density at radius 1 is 1.29 bits per heavy atom. The lowest BCUT2D eigenvalue weighted by atomic mass is 9.74. The first-order chi connectivity index (χ1) is 11.0. The van der Waals surface area contributed by atoms with Crippen LogP contribution in [0.4, 0.5) is 4.39 Å². The molecule has 1 fully saturated rings. The number of nitrogens with two attached hydrogens (primary N) is 1. The summed E-state index contributed by atoms with van der Waals surface area (Å²) in [5.74, 6) is 0.907. The molecule has 2 rings (SSSR count). The van der Waals surface area contributed by atoms with Crippen molar-refractivity contribution in [1.82, 2.24) is 5.32 Å². The Morgan fingerprint density at radius 2 is 1.92 bits per heavy atom. The maximum atomic E-state index is 13.2. The Balaban J connectivity index is 0.00000288. The standard InChI is InChI=1S/C18H28FN3O.HI/c1-14(2)7-10-21-17(20)22-13-18(8-11-23-12-9-18)15-3-5-16(19)6-4-15;/h3-6,14H,7-13H2,1-2H3,(H3,20,21,22);1H. The molecule has 1 aromatic carbocycles. The number of hydrogen-bond donors (Lipinski definition) is 2. The van der Waals surface area contributed by atoms with Gasteiger partial charge in [-0.2, -0.15) is 0 Å². The molecule has 1 heterocycles. The Kier molecular flexibility index (Phi) is 8.97. The second-order valence-electron chi connectivity index (χ2n) is 6.71. The molecule has 136 valence electrons. The highest BCUT2D eigenvalue weighted by molar-refractivity contribution is 14.0. The fraction of sp³-hybridized carbons (Fsp3) is 0.611. The van der Waals surface area contributed by atoms with Gasteiger partial charge in [-0.05, 0) is 42.9 Å². The number of benzene rings is 1. The van der Waals surface area contributed by atoms with Crippen LogP contribution in [0.15, 0.2) is 29.3 Å². The van der Waals surface area contributed by atoms with Crippen molar-refractivity contribution in [3.05, 3.63) is 35.6 Å². The molecule has 6 heteroatoms. The van der Waals surface area contributed by atoms with Crippen LogP contribution in [0.5, 0.6) is 0 Å². The number of aliphatic imine (C=N–C) groups is 1. The minimum Gasteiger partial charge on any atom is -0.381 e. The molecular formula is C18H29FIN3O. The van der Waals surface area contributed by atoms with Crippen molar-refractivity contribution in [2.45, 2.75) is 38.5 Å². The molecule has 0 aromatic heterocycles. The highest BCUT2D eigenvalue weighted by Crippen LogP contribution is 2.35. The van der Waals surface area contributed by atoms with Crippen LogP contribution < -0.4 is 11.1 Å². The van der Waals surface area contributed by atoms with Crippen molar-refractivity contribution in [2.24, 2.45) is 16.6 Å². The number of nitrogens with one attached hydrogen (secondary N) is 1. The maximum Gasteiger partial charge on any atom is 0.188 e. The van der Waals surface area contributed by atoms with Crippen molar-refractivity contribution < 1.29 is 9.13 Å². The summed E-state index contributed by atoms with van der Waals surface area (Å²) in [6.07, 6.45) is 2.82. The number of guanidine groups is 1.